The van der Waals surface area contributed by atoms with Crippen molar-refractivity contribution < 1.29 is 9.90 Å². The normalized spacial score (nSPS) is 16.5. The van der Waals surface area contributed by atoms with Gasteiger partial charge < -0.3 is 19.7 Å². The molecule has 6 nitrogen and oxygen atoms in total. The number of amides is 1. The summed E-state index contributed by atoms with van der Waals surface area (Å²) >= 11 is 0. The molecule has 1 aliphatic heterocycles. The van der Waals surface area contributed by atoms with E-state index in [-0.39, 0.29) is 0 Å². The van der Waals surface area contributed by atoms with E-state index in [1.165, 1.54) is 11.2 Å². The van der Waals surface area contributed by atoms with Crippen LogP contribution in [-0.2, 0) is 0 Å². The van der Waals surface area contributed by atoms with Crippen LogP contribution >= 0.6 is 0 Å². The van der Waals surface area contributed by atoms with E-state index in [0.717, 1.165) is 5.69 Å². The summed E-state index contributed by atoms with van der Waals surface area (Å²) in [6.45, 7) is 2.25. The minimum absolute atomic E-state index is 0.469. The van der Waals surface area contributed by atoms with Crippen LogP contribution in [0.25, 0.3) is 0 Å². The van der Waals surface area contributed by atoms with E-state index in [1.807, 2.05) is 0 Å². The van der Waals surface area contributed by atoms with E-state index in [4.69, 9.17) is 0 Å². The number of nitrogens with zero attached hydrogens (tertiary/aromatic N) is 4. The second-order valence-corrected chi connectivity index (χ2v) is 3.34. The molecule has 1 aromatic rings. The summed E-state index contributed by atoms with van der Waals surface area (Å²) in [6.07, 6.45) is 3.82. The van der Waals surface area contributed by atoms with Gasteiger partial charge in [-0.3, -0.25) is 0 Å². The molecule has 0 aliphatic carbocycles. The molecule has 0 radical (unpaired) electrons. The summed E-state index contributed by atoms with van der Waals surface area (Å²) in [7, 11) is 0. The highest BCUT2D eigenvalue weighted by atomic mass is 16.4. The van der Waals surface area contributed by atoms with Gasteiger partial charge in [-0.1, -0.05) is 0 Å². The largest absolute Gasteiger partial charge is 0.530 e. The van der Waals surface area contributed by atoms with Crippen molar-refractivity contribution in [2.75, 3.05) is 31.1 Å². The molecule has 1 saturated heterocycles. The fraction of sp³-hybridized carbons (Fsp3) is 0.444. The average Bonchev–Trinajstić information content (AvgIpc) is 2.30. The molecule has 0 aromatic carbocycles. The van der Waals surface area contributed by atoms with Crippen molar-refractivity contribution >= 4 is 11.8 Å². The lowest BCUT2D eigenvalue weighted by molar-refractivity contribution is -0.265. The lowest BCUT2D eigenvalue weighted by Gasteiger charge is -2.36. The van der Waals surface area contributed by atoms with Crippen LogP contribution in [0.1, 0.15) is 0 Å². The van der Waals surface area contributed by atoms with Crippen molar-refractivity contribution in [2.24, 2.45) is 0 Å². The van der Waals surface area contributed by atoms with Crippen LogP contribution in [0.15, 0.2) is 18.7 Å². The van der Waals surface area contributed by atoms with Gasteiger partial charge in [-0.15, -0.1) is 0 Å². The number of hydrogen-bond acceptors (Lipinski definition) is 5. The molecule has 15 heavy (non-hydrogen) atoms. The standard InChI is InChI=1S/C9H12N4O2/c14-9(15)13-3-1-12(2-4-13)8-5-10-7-11-6-8/h5-7H,1-4H2,(H,14,15)/p-1. The zero-order valence-corrected chi connectivity index (χ0v) is 8.17. The van der Waals surface area contributed by atoms with Gasteiger partial charge in [-0.25, -0.2) is 9.97 Å². The molecule has 1 aromatic heterocycles. The molecule has 0 atom stereocenters. The first-order valence-corrected chi connectivity index (χ1v) is 4.73. The molecule has 1 aliphatic rings. The minimum Gasteiger partial charge on any atom is -0.530 e. The van der Waals surface area contributed by atoms with Crippen molar-refractivity contribution in [1.29, 1.82) is 0 Å². The number of hydrogen-bond donors (Lipinski definition) is 0. The Morgan fingerprint density at radius 2 is 1.80 bits per heavy atom. The Kier molecular flexibility index (Phi) is 2.66. The predicted octanol–water partition coefficient (Wildman–Crippen LogP) is -1.06. The van der Waals surface area contributed by atoms with Gasteiger partial charge in [0.05, 0.1) is 18.1 Å². The first-order chi connectivity index (χ1) is 7.27. The van der Waals surface area contributed by atoms with Gasteiger partial charge in [0, 0.05) is 26.2 Å². The van der Waals surface area contributed by atoms with Gasteiger partial charge in [0.1, 0.15) is 12.4 Å². The lowest BCUT2D eigenvalue weighted by Crippen LogP contribution is -2.52. The predicted molar refractivity (Wildman–Crippen MR) is 51.2 cm³/mol. The number of anilines is 1. The van der Waals surface area contributed by atoms with Crippen LogP contribution in [0.3, 0.4) is 0 Å². The van der Waals surface area contributed by atoms with Crippen molar-refractivity contribution in [3.05, 3.63) is 18.7 Å². The highest BCUT2D eigenvalue weighted by Crippen LogP contribution is 2.12. The van der Waals surface area contributed by atoms with Crippen LogP contribution in [0.4, 0.5) is 10.5 Å². The molecule has 0 unspecified atom stereocenters. The maximum atomic E-state index is 10.6. The van der Waals surface area contributed by atoms with Crippen LogP contribution in [0, 0.1) is 0 Å². The van der Waals surface area contributed by atoms with E-state index >= 15 is 0 Å². The maximum Gasteiger partial charge on any atom is 0.137 e. The molecular weight excluding hydrogens is 196 g/mol. The van der Waals surface area contributed by atoms with E-state index in [0.29, 0.717) is 26.2 Å². The molecule has 0 N–H and O–H groups in total. The molecular formula is C9H11N4O2-. The van der Waals surface area contributed by atoms with Gasteiger partial charge in [0.25, 0.3) is 0 Å². The Hall–Kier alpha value is -1.85. The second-order valence-electron chi connectivity index (χ2n) is 3.34. The smallest absolute Gasteiger partial charge is 0.137 e. The number of carboxylic acid groups (broad SMARTS) is 1. The molecule has 0 spiro atoms. The van der Waals surface area contributed by atoms with Gasteiger partial charge >= 0.3 is 0 Å². The molecule has 2 heterocycles. The third kappa shape index (κ3) is 2.15. The van der Waals surface area contributed by atoms with Crippen LogP contribution in [0.5, 0.6) is 0 Å². The van der Waals surface area contributed by atoms with Crippen LogP contribution in [-0.4, -0.2) is 47.1 Å². The third-order valence-electron chi connectivity index (χ3n) is 2.45. The number of carbonyl (C=O) groups is 1. The number of aromatic nitrogens is 2. The molecule has 2 rings (SSSR count). The van der Waals surface area contributed by atoms with E-state index in [2.05, 4.69) is 14.9 Å². The fourth-order valence-corrected chi connectivity index (χ4v) is 1.60. The summed E-state index contributed by atoms with van der Waals surface area (Å²) < 4.78 is 0. The first kappa shape index (κ1) is 9.70. The van der Waals surface area contributed by atoms with Crippen molar-refractivity contribution in [3.63, 3.8) is 0 Å². The quantitative estimate of drug-likeness (QED) is 0.587. The number of carbonyl (C=O) groups excluding carboxylic acids is 1. The number of rotatable bonds is 1. The van der Waals surface area contributed by atoms with E-state index in [9.17, 15) is 9.90 Å². The summed E-state index contributed by atoms with van der Waals surface area (Å²) in [6, 6.07) is 0. The van der Waals surface area contributed by atoms with Crippen LogP contribution < -0.4 is 10.0 Å². The topological polar surface area (TPSA) is 72.4 Å². The summed E-state index contributed by atoms with van der Waals surface area (Å²) in [5.74, 6) is 0. The Morgan fingerprint density at radius 3 is 2.33 bits per heavy atom. The summed E-state index contributed by atoms with van der Waals surface area (Å²) in [5.41, 5.74) is 0.926. The molecule has 1 fully saturated rings. The minimum atomic E-state index is -1.10. The van der Waals surface area contributed by atoms with E-state index in [1.54, 1.807) is 12.4 Å². The van der Waals surface area contributed by atoms with Gasteiger partial charge in [-0.2, -0.15) is 0 Å². The molecule has 0 bridgehead atoms. The average molecular weight is 207 g/mol. The fourth-order valence-electron chi connectivity index (χ4n) is 1.60. The van der Waals surface area contributed by atoms with Crippen molar-refractivity contribution in [3.8, 4) is 0 Å². The van der Waals surface area contributed by atoms with Crippen molar-refractivity contribution in [1.82, 2.24) is 14.9 Å². The second kappa shape index (κ2) is 4.12. The first-order valence-electron chi connectivity index (χ1n) is 4.73. The SMILES string of the molecule is O=C([O-])N1CCN(c2cncnc2)CC1. The van der Waals surface area contributed by atoms with Gasteiger partial charge in [0.15, 0.2) is 0 Å². The lowest BCUT2D eigenvalue weighted by atomic mass is 10.3. The van der Waals surface area contributed by atoms with E-state index < -0.39 is 6.09 Å². The highest BCUT2D eigenvalue weighted by molar-refractivity contribution is 5.63. The highest BCUT2D eigenvalue weighted by Gasteiger charge is 2.16. The Balaban J connectivity index is 1.97. The molecule has 80 valence electrons. The maximum absolute atomic E-state index is 10.6. The Morgan fingerprint density at radius 1 is 1.20 bits per heavy atom. The summed E-state index contributed by atoms with van der Waals surface area (Å²) in [4.78, 5) is 21.8. The third-order valence-corrected chi connectivity index (χ3v) is 2.45. The van der Waals surface area contributed by atoms with Gasteiger partial charge in [0.2, 0.25) is 0 Å². The molecule has 0 saturated carbocycles. The molecule has 1 amide bonds. The Bertz CT molecular complexity index is 335. The number of piperazine rings is 1. The van der Waals surface area contributed by atoms with Gasteiger partial charge in [-0.05, 0) is 0 Å². The zero-order chi connectivity index (χ0) is 10.7. The van der Waals surface area contributed by atoms with Crippen LogP contribution in [0.2, 0.25) is 0 Å². The Labute approximate surface area is 87.2 Å². The zero-order valence-electron chi connectivity index (χ0n) is 8.17. The van der Waals surface area contributed by atoms with Crippen molar-refractivity contribution in [2.45, 2.75) is 0 Å². The monoisotopic (exact) mass is 207 g/mol. The summed E-state index contributed by atoms with van der Waals surface area (Å²) in [5, 5.41) is 10.6. The molecule has 6 heteroatoms.